The molecule has 0 spiro atoms. The molecule has 0 aliphatic rings. The number of aromatic nitrogens is 3. The van der Waals surface area contributed by atoms with Crippen molar-refractivity contribution in [2.45, 2.75) is 39.7 Å². The third-order valence-electron chi connectivity index (χ3n) is 3.07. The van der Waals surface area contributed by atoms with Crippen molar-refractivity contribution in [1.82, 2.24) is 20.5 Å². The Morgan fingerprint density at radius 3 is 2.75 bits per heavy atom. The van der Waals surface area contributed by atoms with Gasteiger partial charge >= 0.3 is 0 Å². The van der Waals surface area contributed by atoms with Gasteiger partial charge in [0.1, 0.15) is 5.75 Å². The summed E-state index contributed by atoms with van der Waals surface area (Å²) >= 11 is 0. The van der Waals surface area contributed by atoms with E-state index in [-0.39, 0.29) is 0 Å². The summed E-state index contributed by atoms with van der Waals surface area (Å²) in [5.74, 6) is 1.26. The average molecular weight is 274 g/mol. The van der Waals surface area contributed by atoms with Gasteiger partial charge in [0.2, 0.25) is 5.88 Å². The molecule has 1 unspecified atom stereocenters. The van der Waals surface area contributed by atoms with Crippen LogP contribution in [0.4, 0.5) is 0 Å². The zero-order chi connectivity index (χ0) is 14.4. The zero-order valence-corrected chi connectivity index (χ0v) is 12.3. The van der Waals surface area contributed by atoms with E-state index in [1.54, 1.807) is 6.20 Å². The van der Waals surface area contributed by atoms with Crippen LogP contribution < -0.4 is 10.1 Å². The SMILES string of the molecule is CCCNC(CC)c1ccc(Oc2cc(C)[nH]n2)cn1. The van der Waals surface area contributed by atoms with Gasteiger partial charge in [-0.3, -0.25) is 10.1 Å². The van der Waals surface area contributed by atoms with Crippen LogP contribution in [0.2, 0.25) is 0 Å². The van der Waals surface area contributed by atoms with Crippen molar-refractivity contribution >= 4 is 0 Å². The first-order valence-electron chi connectivity index (χ1n) is 7.12. The van der Waals surface area contributed by atoms with Crippen LogP contribution in [-0.4, -0.2) is 21.7 Å². The lowest BCUT2D eigenvalue weighted by Crippen LogP contribution is -2.22. The van der Waals surface area contributed by atoms with E-state index in [1.807, 2.05) is 25.1 Å². The van der Waals surface area contributed by atoms with Crippen LogP contribution in [0.5, 0.6) is 11.6 Å². The minimum Gasteiger partial charge on any atom is -0.436 e. The maximum absolute atomic E-state index is 5.62. The Labute approximate surface area is 119 Å². The molecule has 1 atom stereocenters. The highest BCUT2D eigenvalue weighted by molar-refractivity contribution is 5.26. The van der Waals surface area contributed by atoms with Gasteiger partial charge in [-0.1, -0.05) is 13.8 Å². The van der Waals surface area contributed by atoms with E-state index in [2.05, 4.69) is 34.3 Å². The molecule has 5 heteroatoms. The van der Waals surface area contributed by atoms with Gasteiger partial charge in [0.15, 0.2) is 0 Å². The number of ether oxygens (including phenoxy) is 1. The van der Waals surface area contributed by atoms with Crippen molar-refractivity contribution in [2.75, 3.05) is 6.54 Å². The van der Waals surface area contributed by atoms with Crippen molar-refractivity contribution in [3.8, 4) is 11.6 Å². The third-order valence-corrected chi connectivity index (χ3v) is 3.07. The monoisotopic (exact) mass is 274 g/mol. The summed E-state index contributed by atoms with van der Waals surface area (Å²) in [6.07, 6.45) is 3.89. The molecule has 2 N–H and O–H groups in total. The molecular weight excluding hydrogens is 252 g/mol. The highest BCUT2D eigenvalue weighted by Crippen LogP contribution is 2.21. The van der Waals surface area contributed by atoms with Crippen molar-refractivity contribution in [1.29, 1.82) is 0 Å². The summed E-state index contributed by atoms with van der Waals surface area (Å²) in [5.41, 5.74) is 2.02. The number of H-pyrrole nitrogens is 1. The Hall–Kier alpha value is -1.88. The Morgan fingerprint density at radius 1 is 1.35 bits per heavy atom. The van der Waals surface area contributed by atoms with Crippen LogP contribution in [0.3, 0.4) is 0 Å². The lowest BCUT2D eigenvalue weighted by atomic mass is 10.1. The molecule has 2 heterocycles. The highest BCUT2D eigenvalue weighted by atomic mass is 16.5. The number of aromatic amines is 1. The Morgan fingerprint density at radius 2 is 2.20 bits per heavy atom. The Bertz CT molecular complexity index is 521. The fourth-order valence-corrected chi connectivity index (χ4v) is 2.00. The minimum atomic E-state index is 0.302. The van der Waals surface area contributed by atoms with Crippen molar-refractivity contribution < 1.29 is 4.74 Å². The normalized spacial score (nSPS) is 12.3. The third kappa shape index (κ3) is 3.81. The van der Waals surface area contributed by atoms with Crippen LogP contribution in [0.1, 0.15) is 44.1 Å². The van der Waals surface area contributed by atoms with Gasteiger partial charge in [0.05, 0.1) is 11.9 Å². The number of nitrogens with one attached hydrogen (secondary N) is 2. The maximum Gasteiger partial charge on any atom is 0.238 e. The fraction of sp³-hybridized carbons (Fsp3) is 0.467. The molecule has 5 nitrogen and oxygen atoms in total. The summed E-state index contributed by atoms with van der Waals surface area (Å²) in [6, 6.07) is 6.09. The number of aryl methyl sites for hydroxylation is 1. The van der Waals surface area contributed by atoms with E-state index in [9.17, 15) is 0 Å². The lowest BCUT2D eigenvalue weighted by Gasteiger charge is -2.16. The molecule has 0 radical (unpaired) electrons. The van der Waals surface area contributed by atoms with E-state index in [4.69, 9.17) is 4.74 Å². The summed E-state index contributed by atoms with van der Waals surface area (Å²) in [6.45, 7) is 7.26. The molecular formula is C15H22N4O. The molecule has 2 rings (SSSR count). The molecule has 0 amide bonds. The van der Waals surface area contributed by atoms with Crippen molar-refractivity contribution in [3.05, 3.63) is 35.8 Å². The Balaban J connectivity index is 2.01. The van der Waals surface area contributed by atoms with E-state index >= 15 is 0 Å². The van der Waals surface area contributed by atoms with E-state index in [0.717, 1.165) is 30.8 Å². The van der Waals surface area contributed by atoms with Crippen LogP contribution in [0, 0.1) is 6.92 Å². The quantitative estimate of drug-likeness (QED) is 0.812. The largest absolute Gasteiger partial charge is 0.436 e. The number of pyridine rings is 1. The standard InChI is InChI=1S/C15H22N4O/c1-4-8-16-13(5-2)14-7-6-12(10-17-14)20-15-9-11(3)18-19-15/h6-7,9-10,13,16H,4-5,8H2,1-3H3,(H,18,19). The molecule has 0 aliphatic carbocycles. The topological polar surface area (TPSA) is 62.8 Å². The predicted molar refractivity (Wildman–Crippen MR) is 79.0 cm³/mol. The molecule has 0 aromatic carbocycles. The summed E-state index contributed by atoms with van der Waals surface area (Å²) in [4.78, 5) is 4.48. The number of rotatable bonds is 7. The minimum absolute atomic E-state index is 0.302. The van der Waals surface area contributed by atoms with E-state index in [0.29, 0.717) is 17.7 Å². The molecule has 0 bridgehead atoms. The van der Waals surface area contributed by atoms with Gasteiger partial charge in [-0.2, -0.15) is 0 Å². The van der Waals surface area contributed by atoms with Crippen LogP contribution in [0.15, 0.2) is 24.4 Å². The first-order chi connectivity index (χ1) is 9.72. The first kappa shape index (κ1) is 14.5. The number of hydrogen-bond donors (Lipinski definition) is 2. The fourth-order valence-electron chi connectivity index (χ4n) is 2.00. The number of hydrogen-bond acceptors (Lipinski definition) is 4. The van der Waals surface area contributed by atoms with Gasteiger partial charge in [-0.15, -0.1) is 5.10 Å². The molecule has 0 saturated heterocycles. The summed E-state index contributed by atoms with van der Waals surface area (Å²) < 4.78 is 5.62. The summed E-state index contributed by atoms with van der Waals surface area (Å²) in [5, 5.41) is 10.4. The molecule has 2 aromatic rings. The van der Waals surface area contributed by atoms with Gasteiger partial charge in [0.25, 0.3) is 0 Å². The highest BCUT2D eigenvalue weighted by Gasteiger charge is 2.10. The second-order valence-electron chi connectivity index (χ2n) is 4.82. The van der Waals surface area contributed by atoms with Crippen molar-refractivity contribution in [3.63, 3.8) is 0 Å². The predicted octanol–water partition coefficient (Wildman–Crippen LogP) is 3.36. The maximum atomic E-state index is 5.62. The van der Waals surface area contributed by atoms with E-state index < -0.39 is 0 Å². The second kappa shape index (κ2) is 7.05. The molecule has 20 heavy (non-hydrogen) atoms. The van der Waals surface area contributed by atoms with Gasteiger partial charge in [0, 0.05) is 17.8 Å². The Kier molecular flexibility index (Phi) is 5.12. The van der Waals surface area contributed by atoms with Gasteiger partial charge < -0.3 is 10.1 Å². The smallest absolute Gasteiger partial charge is 0.238 e. The first-order valence-corrected chi connectivity index (χ1v) is 7.12. The van der Waals surface area contributed by atoms with Crippen LogP contribution in [0.25, 0.3) is 0 Å². The van der Waals surface area contributed by atoms with Crippen LogP contribution >= 0.6 is 0 Å². The second-order valence-corrected chi connectivity index (χ2v) is 4.82. The summed E-state index contributed by atoms with van der Waals surface area (Å²) in [7, 11) is 0. The lowest BCUT2D eigenvalue weighted by molar-refractivity contribution is 0.456. The molecule has 0 fully saturated rings. The zero-order valence-electron chi connectivity index (χ0n) is 12.3. The van der Waals surface area contributed by atoms with Gasteiger partial charge in [-0.25, -0.2) is 0 Å². The van der Waals surface area contributed by atoms with Crippen LogP contribution in [-0.2, 0) is 0 Å². The van der Waals surface area contributed by atoms with Gasteiger partial charge in [-0.05, 0) is 38.4 Å². The van der Waals surface area contributed by atoms with Crippen molar-refractivity contribution in [2.24, 2.45) is 0 Å². The molecule has 108 valence electrons. The number of nitrogens with zero attached hydrogens (tertiary/aromatic N) is 2. The average Bonchev–Trinajstić information content (AvgIpc) is 2.86. The van der Waals surface area contributed by atoms with E-state index in [1.165, 1.54) is 0 Å². The molecule has 2 aromatic heterocycles. The molecule has 0 saturated carbocycles. The molecule has 0 aliphatic heterocycles.